The molecule has 5 nitrogen and oxygen atoms in total. The summed E-state index contributed by atoms with van der Waals surface area (Å²) >= 11 is 0. The third-order valence-corrected chi connectivity index (χ3v) is 7.43. The molecule has 0 aliphatic heterocycles. The molecule has 0 N–H and O–H groups in total. The van der Waals surface area contributed by atoms with E-state index >= 15 is 0 Å². The van der Waals surface area contributed by atoms with Crippen LogP contribution in [0.5, 0.6) is 0 Å². The Hall–Kier alpha value is -5.55. The van der Waals surface area contributed by atoms with Crippen molar-refractivity contribution < 1.29 is 0 Å². The second-order valence-electron chi connectivity index (χ2n) is 9.79. The molecule has 0 atom stereocenters. The normalized spacial score (nSPS) is 11.5. The van der Waals surface area contributed by atoms with E-state index in [1.54, 1.807) is 0 Å². The highest BCUT2D eigenvalue weighted by Gasteiger charge is 2.19. The van der Waals surface area contributed by atoms with Crippen LogP contribution < -0.4 is 0 Å². The van der Waals surface area contributed by atoms with Crippen molar-refractivity contribution in [2.45, 2.75) is 0 Å². The van der Waals surface area contributed by atoms with E-state index in [9.17, 15) is 0 Å². The van der Waals surface area contributed by atoms with Gasteiger partial charge in [-0.25, -0.2) is 15.0 Å². The Morgan fingerprint density at radius 3 is 1.80 bits per heavy atom. The van der Waals surface area contributed by atoms with E-state index in [1.165, 1.54) is 5.39 Å². The van der Waals surface area contributed by atoms with Crippen molar-refractivity contribution in [3.05, 3.63) is 140 Å². The molecule has 0 aliphatic carbocycles. The molecule has 0 radical (unpaired) electrons. The summed E-state index contributed by atoms with van der Waals surface area (Å²) in [7, 11) is 0. The second-order valence-corrected chi connectivity index (χ2v) is 9.79. The molecule has 0 saturated heterocycles. The Bertz CT molecular complexity index is 2160. The lowest BCUT2D eigenvalue weighted by Gasteiger charge is -2.10. The van der Waals surface area contributed by atoms with Crippen molar-refractivity contribution in [1.29, 1.82) is 0 Å². The molecular formula is C35H23N5. The molecule has 40 heavy (non-hydrogen) atoms. The first-order valence-electron chi connectivity index (χ1n) is 13.3. The van der Waals surface area contributed by atoms with Crippen molar-refractivity contribution in [3.63, 3.8) is 0 Å². The molecule has 8 rings (SSSR count). The topological polar surface area (TPSA) is 48.5 Å². The van der Waals surface area contributed by atoms with Gasteiger partial charge in [-0.05, 0) is 42.5 Å². The van der Waals surface area contributed by atoms with Gasteiger partial charge in [-0.2, -0.15) is 0 Å². The third kappa shape index (κ3) is 3.52. The molecular weight excluding hydrogens is 490 g/mol. The minimum Gasteiger partial charge on any atom is -0.291 e. The lowest BCUT2D eigenvalue weighted by atomic mass is 10.1. The lowest BCUT2D eigenvalue weighted by molar-refractivity contribution is 1.02. The number of benzene rings is 4. The Labute approximate surface area is 230 Å². The number of hydrogen-bond donors (Lipinski definition) is 0. The average Bonchev–Trinajstić information content (AvgIpc) is 3.62. The molecule has 0 bridgehead atoms. The molecule has 0 aliphatic rings. The number of hydrogen-bond acceptors (Lipinski definition) is 3. The SMILES string of the molecule is c1ccc(-c2cccc(-n3cnc4c3ccc3c5ccccc5n(-c5cccc(-c6ccccc6)n5)c34)n2)cc1. The first-order valence-corrected chi connectivity index (χ1v) is 13.3. The summed E-state index contributed by atoms with van der Waals surface area (Å²) in [6.07, 6.45) is 1.87. The van der Waals surface area contributed by atoms with Crippen LogP contribution in [0.4, 0.5) is 0 Å². The van der Waals surface area contributed by atoms with Gasteiger partial charge in [-0.1, -0.05) is 91.0 Å². The number of rotatable bonds is 4. The maximum atomic E-state index is 5.12. The number of pyridine rings is 2. The lowest BCUT2D eigenvalue weighted by Crippen LogP contribution is -1.99. The van der Waals surface area contributed by atoms with Gasteiger partial charge < -0.3 is 0 Å². The van der Waals surface area contributed by atoms with Crippen molar-refractivity contribution in [3.8, 4) is 34.2 Å². The van der Waals surface area contributed by atoms with Crippen LogP contribution in [0.15, 0.2) is 140 Å². The number of aromatic nitrogens is 5. The quantitative estimate of drug-likeness (QED) is 0.238. The number of para-hydroxylation sites is 1. The maximum Gasteiger partial charge on any atom is 0.139 e. The summed E-state index contributed by atoms with van der Waals surface area (Å²) in [5.74, 6) is 1.69. The first-order chi connectivity index (χ1) is 19.8. The fourth-order valence-electron chi connectivity index (χ4n) is 5.59. The fraction of sp³-hybridized carbons (Fsp3) is 0. The summed E-state index contributed by atoms with van der Waals surface area (Å²) in [6.45, 7) is 0. The number of nitrogens with zero attached hydrogens (tertiary/aromatic N) is 5. The summed E-state index contributed by atoms with van der Waals surface area (Å²) in [4.78, 5) is 15.1. The molecule has 5 heteroatoms. The number of imidazole rings is 1. The average molecular weight is 514 g/mol. The third-order valence-electron chi connectivity index (χ3n) is 7.43. The summed E-state index contributed by atoms with van der Waals surface area (Å²) in [6, 6.07) is 45.7. The minimum atomic E-state index is 0.829. The molecule has 0 amide bonds. The fourth-order valence-corrected chi connectivity index (χ4v) is 5.59. The van der Waals surface area contributed by atoms with Crippen molar-refractivity contribution >= 4 is 32.8 Å². The van der Waals surface area contributed by atoms with Crippen LogP contribution in [0.25, 0.3) is 67.0 Å². The van der Waals surface area contributed by atoms with E-state index in [1.807, 2.05) is 60.9 Å². The highest BCUT2D eigenvalue weighted by Crippen LogP contribution is 2.36. The molecule has 188 valence electrons. The van der Waals surface area contributed by atoms with Gasteiger partial charge in [0.1, 0.15) is 23.5 Å². The molecule has 0 saturated carbocycles. The minimum absolute atomic E-state index is 0.829. The summed E-state index contributed by atoms with van der Waals surface area (Å²) < 4.78 is 4.31. The zero-order chi connectivity index (χ0) is 26.5. The monoisotopic (exact) mass is 513 g/mol. The Balaban J connectivity index is 1.37. The van der Waals surface area contributed by atoms with E-state index in [4.69, 9.17) is 15.0 Å². The van der Waals surface area contributed by atoms with Crippen LogP contribution in [0.3, 0.4) is 0 Å². The highest BCUT2D eigenvalue weighted by molar-refractivity contribution is 6.17. The van der Waals surface area contributed by atoms with E-state index in [2.05, 4.69) is 88.0 Å². The van der Waals surface area contributed by atoms with Crippen LogP contribution in [-0.4, -0.2) is 24.1 Å². The van der Waals surface area contributed by atoms with Gasteiger partial charge in [0.15, 0.2) is 0 Å². The standard InChI is InChI=1S/C35H23N5/c1-3-11-24(12-4-1)28-16-9-19-32(37-28)39-23-36-34-31(39)22-21-27-26-15-7-8-18-30(26)40(35(27)34)33-20-10-17-29(38-33)25-13-5-2-6-14-25/h1-23H. The predicted molar refractivity (Wildman–Crippen MR) is 162 cm³/mol. The highest BCUT2D eigenvalue weighted by atomic mass is 15.1. The van der Waals surface area contributed by atoms with Crippen LogP contribution in [0.2, 0.25) is 0 Å². The summed E-state index contributed by atoms with van der Waals surface area (Å²) in [5, 5.41) is 2.32. The molecule has 0 unspecified atom stereocenters. The van der Waals surface area contributed by atoms with Crippen molar-refractivity contribution in [1.82, 2.24) is 24.1 Å². The van der Waals surface area contributed by atoms with Gasteiger partial charge in [0.2, 0.25) is 0 Å². The van der Waals surface area contributed by atoms with Gasteiger partial charge in [0.05, 0.1) is 27.9 Å². The van der Waals surface area contributed by atoms with E-state index < -0.39 is 0 Å². The van der Waals surface area contributed by atoms with E-state index in [0.717, 1.165) is 61.6 Å². The van der Waals surface area contributed by atoms with Gasteiger partial charge in [-0.3, -0.25) is 9.13 Å². The van der Waals surface area contributed by atoms with E-state index in [0.29, 0.717) is 0 Å². The zero-order valence-corrected chi connectivity index (χ0v) is 21.5. The Kier molecular flexibility index (Phi) is 5.07. The second kappa shape index (κ2) is 9.03. The van der Waals surface area contributed by atoms with Crippen LogP contribution >= 0.6 is 0 Å². The van der Waals surface area contributed by atoms with Gasteiger partial charge in [-0.15, -0.1) is 0 Å². The maximum absolute atomic E-state index is 5.12. The van der Waals surface area contributed by atoms with Crippen LogP contribution in [0.1, 0.15) is 0 Å². The van der Waals surface area contributed by atoms with Gasteiger partial charge in [0.25, 0.3) is 0 Å². The van der Waals surface area contributed by atoms with Gasteiger partial charge >= 0.3 is 0 Å². The van der Waals surface area contributed by atoms with Crippen LogP contribution in [0, 0.1) is 0 Å². The van der Waals surface area contributed by atoms with Crippen LogP contribution in [-0.2, 0) is 0 Å². The smallest absolute Gasteiger partial charge is 0.139 e. The molecule has 4 aromatic carbocycles. The largest absolute Gasteiger partial charge is 0.291 e. The first kappa shape index (κ1) is 22.4. The van der Waals surface area contributed by atoms with Crippen molar-refractivity contribution in [2.75, 3.05) is 0 Å². The Morgan fingerprint density at radius 2 is 1.07 bits per heavy atom. The predicted octanol–water partition coefficient (Wildman–Crippen LogP) is 8.25. The molecule has 4 aromatic heterocycles. The van der Waals surface area contributed by atoms with E-state index in [-0.39, 0.29) is 0 Å². The molecule has 0 spiro atoms. The Morgan fingerprint density at radius 1 is 0.450 bits per heavy atom. The number of fused-ring (bicyclic) bond motifs is 5. The van der Waals surface area contributed by atoms with Gasteiger partial charge in [0, 0.05) is 21.9 Å². The molecule has 4 heterocycles. The molecule has 8 aromatic rings. The zero-order valence-electron chi connectivity index (χ0n) is 21.5. The van der Waals surface area contributed by atoms with Crippen molar-refractivity contribution in [2.24, 2.45) is 0 Å². The summed E-state index contributed by atoms with van der Waals surface area (Å²) in [5.41, 5.74) is 8.07. The molecule has 0 fully saturated rings.